The van der Waals surface area contributed by atoms with Crippen LogP contribution in [0.25, 0.3) is 0 Å². The standard InChI is InChI=1S/C22H49N3/c1-3-5-17-23-19-13-9-7-11-15-21-25-22-16-12-8-10-14-20-24-18-6-4-2/h23-25H,3-22H2,1-2H3. The molecule has 0 fully saturated rings. The van der Waals surface area contributed by atoms with Gasteiger partial charge in [0.1, 0.15) is 0 Å². The SMILES string of the molecule is CCCCNCCCCCCCNCCCCCCCNCCCC. The quantitative estimate of drug-likeness (QED) is 0.232. The molecule has 0 heterocycles. The van der Waals surface area contributed by atoms with E-state index in [4.69, 9.17) is 0 Å². The van der Waals surface area contributed by atoms with Crippen molar-refractivity contribution in [2.75, 3.05) is 39.3 Å². The lowest BCUT2D eigenvalue weighted by atomic mass is 10.1. The second-order valence-corrected chi connectivity index (χ2v) is 7.49. The highest BCUT2D eigenvalue weighted by Gasteiger charge is 1.94. The highest BCUT2D eigenvalue weighted by molar-refractivity contribution is 4.54. The van der Waals surface area contributed by atoms with Crippen LogP contribution in [0.4, 0.5) is 0 Å². The first-order valence-electron chi connectivity index (χ1n) is 11.5. The van der Waals surface area contributed by atoms with Crippen LogP contribution in [0.2, 0.25) is 0 Å². The van der Waals surface area contributed by atoms with E-state index in [0.29, 0.717) is 0 Å². The van der Waals surface area contributed by atoms with Crippen molar-refractivity contribution in [1.82, 2.24) is 16.0 Å². The maximum Gasteiger partial charge on any atom is -0.00489 e. The van der Waals surface area contributed by atoms with Gasteiger partial charge < -0.3 is 16.0 Å². The van der Waals surface area contributed by atoms with Gasteiger partial charge in [0, 0.05) is 0 Å². The zero-order chi connectivity index (χ0) is 18.3. The average molecular weight is 356 g/mol. The summed E-state index contributed by atoms with van der Waals surface area (Å²) in [6, 6.07) is 0. The molecule has 0 unspecified atom stereocenters. The molecule has 25 heavy (non-hydrogen) atoms. The summed E-state index contributed by atoms with van der Waals surface area (Å²) in [5.41, 5.74) is 0. The van der Waals surface area contributed by atoms with Crippen molar-refractivity contribution in [3.63, 3.8) is 0 Å². The van der Waals surface area contributed by atoms with Crippen molar-refractivity contribution < 1.29 is 0 Å². The first-order chi connectivity index (χ1) is 12.4. The van der Waals surface area contributed by atoms with Crippen molar-refractivity contribution in [2.45, 2.75) is 104 Å². The summed E-state index contributed by atoms with van der Waals surface area (Å²) in [7, 11) is 0. The van der Waals surface area contributed by atoms with E-state index in [1.54, 1.807) is 0 Å². The molecule has 0 aromatic carbocycles. The third-order valence-electron chi connectivity index (χ3n) is 4.83. The maximum absolute atomic E-state index is 3.61. The zero-order valence-electron chi connectivity index (χ0n) is 17.6. The van der Waals surface area contributed by atoms with Crippen LogP contribution in [0.15, 0.2) is 0 Å². The number of hydrogen-bond acceptors (Lipinski definition) is 3. The van der Waals surface area contributed by atoms with Crippen LogP contribution in [-0.2, 0) is 0 Å². The van der Waals surface area contributed by atoms with Crippen molar-refractivity contribution in [3.8, 4) is 0 Å². The Bertz CT molecular complexity index is 199. The van der Waals surface area contributed by atoms with Crippen molar-refractivity contribution in [1.29, 1.82) is 0 Å². The summed E-state index contributed by atoms with van der Waals surface area (Å²) in [4.78, 5) is 0. The van der Waals surface area contributed by atoms with Crippen LogP contribution in [-0.4, -0.2) is 39.3 Å². The molecule has 0 rings (SSSR count). The smallest absolute Gasteiger partial charge is 0.00489 e. The Morgan fingerprint density at radius 1 is 0.320 bits per heavy atom. The van der Waals surface area contributed by atoms with Crippen LogP contribution < -0.4 is 16.0 Å². The van der Waals surface area contributed by atoms with Gasteiger partial charge in [-0.15, -0.1) is 0 Å². The Labute approximate surface area is 159 Å². The summed E-state index contributed by atoms with van der Waals surface area (Å²) in [5, 5.41) is 10.7. The second-order valence-electron chi connectivity index (χ2n) is 7.49. The Kier molecular flexibility index (Phi) is 23.8. The molecule has 152 valence electrons. The number of rotatable bonds is 22. The van der Waals surface area contributed by atoms with E-state index in [2.05, 4.69) is 29.8 Å². The lowest BCUT2D eigenvalue weighted by Crippen LogP contribution is -2.17. The van der Waals surface area contributed by atoms with Gasteiger partial charge in [-0.05, 0) is 77.8 Å². The predicted molar refractivity (Wildman–Crippen MR) is 115 cm³/mol. The molecule has 0 saturated carbocycles. The van der Waals surface area contributed by atoms with E-state index in [1.165, 1.54) is 129 Å². The molecule has 3 heteroatoms. The molecular formula is C22H49N3. The Balaban J connectivity index is 2.94. The van der Waals surface area contributed by atoms with Gasteiger partial charge in [0.2, 0.25) is 0 Å². The lowest BCUT2D eigenvalue weighted by Gasteiger charge is -2.06. The summed E-state index contributed by atoms with van der Waals surface area (Å²) >= 11 is 0. The van der Waals surface area contributed by atoms with Crippen LogP contribution >= 0.6 is 0 Å². The Hall–Kier alpha value is -0.120. The predicted octanol–water partition coefficient (Wildman–Crippen LogP) is 5.26. The lowest BCUT2D eigenvalue weighted by molar-refractivity contribution is 0.531. The van der Waals surface area contributed by atoms with Crippen LogP contribution in [0.3, 0.4) is 0 Å². The summed E-state index contributed by atoms with van der Waals surface area (Å²) in [6.07, 6.45) is 19.1. The van der Waals surface area contributed by atoms with E-state index in [9.17, 15) is 0 Å². The highest BCUT2D eigenvalue weighted by atomic mass is 14.8. The normalized spacial score (nSPS) is 11.3. The highest BCUT2D eigenvalue weighted by Crippen LogP contribution is 2.03. The molecule has 0 spiro atoms. The maximum atomic E-state index is 3.61. The minimum Gasteiger partial charge on any atom is -0.317 e. The van der Waals surface area contributed by atoms with Gasteiger partial charge in [0.05, 0.1) is 0 Å². The molecule has 0 aliphatic heterocycles. The number of unbranched alkanes of at least 4 members (excludes halogenated alkanes) is 10. The van der Waals surface area contributed by atoms with E-state index < -0.39 is 0 Å². The van der Waals surface area contributed by atoms with Gasteiger partial charge in [-0.25, -0.2) is 0 Å². The fourth-order valence-corrected chi connectivity index (χ4v) is 3.04. The molecule has 0 radical (unpaired) electrons. The zero-order valence-corrected chi connectivity index (χ0v) is 17.6. The third kappa shape index (κ3) is 23.9. The minimum absolute atomic E-state index is 1.20. The first kappa shape index (κ1) is 24.9. The second kappa shape index (κ2) is 23.9. The topological polar surface area (TPSA) is 36.1 Å². The molecule has 0 aromatic rings. The van der Waals surface area contributed by atoms with Crippen LogP contribution in [0.1, 0.15) is 104 Å². The van der Waals surface area contributed by atoms with Crippen molar-refractivity contribution in [2.24, 2.45) is 0 Å². The third-order valence-corrected chi connectivity index (χ3v) is 4.83. The largest absolute Gasteiger partial charge is 0.317 e. The molecule has 0 amide bonds. The van der Waals surface area contributed by atoms with Gasteiger partial charge >= 0.3 is 0 Å². The summed E-state index contributed by atoms with van der Waals surface area (Å²) < 4.78 is 0. The molecule has 0 aromatic heterocycles. The molecule has 3 nitrogen and oxygen atoms in total. The fourth-order valence-electron chi connectivity index (χ4n) is 3.04. The summed E-state index contributed by atoms with van der Waals surface area (Å²) in [5.74, 6) is 0. The molecule has 0 saturated heterocycles. The van der Waals surface area contributed by atoms with Crippen molar-refractivity contribution in [3.05, 3.63) is 0 Å². The van der Waals surface area contributed by atoms with E-state index in [0.717, 1.165) is 0 Å². The van der Waals surface area contributed by atoms with Crippen LogP contribution in [0, 0.1) is 0 Å². The van der Waals surface area contributed by atoms with E-state index in [1.807, 2.05) is 0 Å². The molecule has 3 N–H and O–H groups in total. The monoisotopic (exact) mass is 355 g/mol. The molecule has 0 aliphatic rings. The van der Waals surface area contributed by atoms with Gasteiger partial charge in [-0.2, -0.15) is 0 Å². The minimum atomic E-state index is 1.20. The van der Waals surface area contributed by atoms with Gasteiger partial charge in [0.25, 0.3) is 0 Å². The Morgan fingerprint density at radius 2 is 0.560 bits per heavy atom. The summed E-state index contributed by atoms with van der Waals surface area (Å²) in [6.45, 7) is 11.8. The van der Waals surface area contributed by atoms with Crippen LogP contribution in [0.5, 0.6) is 0 Å². The van der Waals surface area contributed by atoms with Crippen molar-refractivity contribution >= 4 is 0 Å². The van der Waals surface area contributed by atoms with Gasteiger partial charge in [-0.1, -0.05) is 65.2 Å². The average Bonchev–Trinajstić information content (AvgIpc) is 2.63. The molecule has 0 atom stereocenters. The van der Waals surface area contributed by atoms with E-state index in [-0.39, 0.29) is 0 Å². The molecule has 0 aliphatic carbocycles. The Morgan fingerprint density at radius 3 is 0.840 bits per heavy atom. The molecular weight excluding hydrogens is 306 g/mol. The molecule has 0 bridgehead atoms. The first-order valence-corrected chi connectivity index (χ1v) is 11.5. The van der Waals surface area contributed by atoms with Gasteiger partial charge in [-0.3, -0.25) is 0 Å². The number of hydrogen-bond donors (Lipinski definition) is 3. The fraction of sp³-hybridized carbons (Fsp3) is 1.00. The number of nitrogens with one attached hydrogen (secondary N) is 3. The van der Waals surface area contributed by atoms with E-state index >= 15 is 0 Å². The van der Waals surface area contributed by atoms with Gasteiger partial charge in [0.15, 0.2) is 0 Å².